The van der Waals surface area contributed by atoms with Crippen LogP contribution in [0.2, 0.25) is 0 Å². The van der Waals surface area contributed by atoms with E-state index in [1.54, 1.807) is 6.92 Å². The molecule has 0 unspecified atom stereocenters. The summed E-state index contributed by atoms with van der Waals surface area (Å²) in [6.07, 6.45) is -4.95. The molecule has 138 valence electrons. The zero-order chi connectivity index (χ0) is 19.0. The Balaban J connectivity index is 2.39. The van der Waals surface area contributed by atoms with E-state index in [2.05, 4.69) is 4.74 Å². The van der Waals surface area contributed by atoms with E-state index in [0.29, 0.717) is 5.46 Å². The molecule has 1 heterocycles. The van der Waals surface area contributed by atoms with Crippen LogP contribution in [0.5, 0.6) is 5.75 Å². The first-order chi connectivity index (χ1) is 11.4. The van der Waals surface area contributed by atoms with Crippen molar-refractivity contribution in [3.63, 3.8) is 0 Å². The van der Waals surface area contributed by atoms with Gasteiger partial charge in [-0.1, -0.05) is 6.07 Å². The monoisotopic (exact) mass is 360 g/mol. The van der Waals surface area contributed by atoms with Gasteiger partial charge in [-0.15, -0.1) is 13.2 Å². The molecule has 0 radical (unpaired) electrons. The van der Waals surface area contributed by atoms with E-state index in [-0.39, 0.29) is 12.2 Å². The molecule has 1 fully saturated rings. The molecule has 1 aromatic carbocycles. The molecular formula is C16H20BF3O5. The number of carbonyl (C=O) groups excluding carboxylic acids is 1. The zero-order valence-corrected chi connectivity index (χ0v) is 14.7. The molecule has 0 aliphatic carbocycles. The summed E-state index contributed by atoms with van der Waals surface area (Å²) < 4.78 is 58.4. The third kappa shape index (κ3) is 4.27. The number of halogens is 3. The van der Waals surface area contributed by atoms with Gasteiger partial charge in [0, 0.05) is 0 Å². The maximum Gasteiger partial charge on any atom is 0.573 e. The maximum absolute atomic E-state index is 12.7. The van der Waals surface area contributed by atoms with Crippen molar-refractivity contribution in [3.05, 3.63) is 23.8 Å². The summed E-state index contributed by atoms with van der Waals surface area (Å²) in [5.74, 6) is -1.56. The highest BCUT2D eigenvalue weighted by atomic mass is 19.4. The lowest BCUT2D eigenvalue weighted by Crippen LogP contribution is -2.41. The number of ether oxygens (including phenoxy) is 2. The van der Waals surface area contributed by atoms with Gasteiger partial charge in [0.2, 0.25) is 0 Å². The Kier molecular flexibility index (Phi) is 5.12. The lowest BCUT2D eigenvalue weighted by Gasteiger charge is -2.32. The van der Waals surface area contributed by atoms with Crippen molar-refractivity contribution in [2.75, 3.05) is 6.61 Å². The molecule has 0 bridgehead atoms. The summed E-state index contributed by atoms with van der Waals surface area (Å²) in [5, 5.41) is 0. The Morgan fingerprint density at radius 3 is 2.20 bits per heavy atom. The van der Waals surface area contributed by atoms with Crippen LogP contribution < -0.4 is 10.2 Å². The zero-order valence-electron chi connectivity index (χ0n) is 14.7. The smallest absolute Gasteiger partial charge is 0.462 e. The van der Waals surface area contributed by atoms with Gasteiger partial charge in [0.1, 0.15) is 11.3 Å². The van der Waals surface area contributed by atoms with Gasteiger partial charge in [-0.2, -0.15) is 0 Å². The first-order valence-electron chi connectivity index (χ1n) is 7.79. The molecule has 1 aromatic rings. The van der Waals surface area contributed by atoms with Crippen LogP contribution in [0.25, 0.3) is 0 Å². The van der Waals surface area contributed by atoms with E-state index >= 15 is 0 Å². The highest BCUT2D eigenvalue weighted by Gasteiger charge is 2.52. The Labute approximate surface area is 144 Å². The van der Waals surface area contributed by atoms with Gasteiger partial charge in [0.05, 0.1) is 17.8 Å². The van der Waals surface area contributed by atoms with Crippen LogP contribution in [0.3, 0.4) is 0 Å². The molecule has 1 aliphatic heterocycles. The number of hydrogen-bond acceptors (Lipinski definition) is 5. The lowest BCUT2D eigenvalue weighted by molar-refractivity contribution is -0.274. The summed E-state index contributed by atoms with van der Waals surface area (Å²) in [6, 6.07) is 3.75. The van der Waals surface area contributed by atoms with Crippen molar-refractivity contribution >= 4 is 18.6 Å². The van der Waals surface area contributed by atoms with E-state index in [9.17, 15) is 18.0 Å². The van der Waals surface area contributed by atoms with Crippen molar-refractivity contribution in [1.82, 2.24) is 0 Å². The van der Waals surface area contributed by atoms with Crippen LogP contribution in [0.4, 0.5) is 13.2 Å². The molecule has 1 aliphatic rings. The van der Waals surface area contributed by atoms with E-state index < -0.39 is 36.4 Å². The molecule has 0 atom stereocenters. The largest absolute Gasteiger partial charge is 0.573 e. The van der Waals surface area contributed by atoms with E-state index in [1.807, 2.05) is 27.7 Å². The van der Waals surface area contributed by atoms with E-state index in [0.717, 1.165) is 6.07 Å². The molecule has 0 saturated carbocycles. The quantitative estimate of drug-likeness (QED) is 0.610. The minimum absolute atomic E-state index is 0.0310. The molecule has 1 saturated heterocycles. The summed E-state index contributed by atoms with van der Waals surface area (Å²) in [6.45, 7) is 8.89. The number of rotatable bonds is 4. The van der Waals surface area contributed by atoms with Crippen molar-refractivity contribution in [2.45, 2.75) is 52.2 Å². The molecule has 5 nitrogen and oxygen atoms in total. The van der Waals surface area contributed by atoms with Crippen molar-refractivity contribution in [3.8, 4) is 5.75 Å². The number of alkyl halides is 3. The van der Waals surface area contributed by atoms with E-state index in [4.69, 9.17) is 14.0 Å². The summed E-state index contributed by atoms with van der Waals surface area (Å²) in [4.78, 5) is 11.9. The molecular weight excluding hydrogens is 340 g/mol. The maximum atomic E-state index is 12.7. The number of benzene rings is 1. The summed E-state index contributed by atoms with van der Waals surface area (Å²) in [5.41, 5.74) is -1.31. The normalized spacial score (nSPS) is 19.0. The van der Waals surface area contributed by atoms with Gasteiger partial charge < -0.3 is 18.8 Å². The van der Waals surface area contributed by atoms with E-state index in [1.165, 1.54) is 12.1 Å². The number of hydrogen-bond donors (Lipinski definition) is 0. The average molecular weight is 360 g/mol. The molecule has 9 heteroatoms. The lowest BCUT2D eigenvalue weighted by atomic mass is 9.78. The van der Waals surface area contributed by atoms with Gasteiger partial charge in [-0.25, -0.2) is 4.79 Å². The number of esters is 1. The predicted octanol–water partition coefficient (Wildman–Crippen LogP) is 3.06. The average Bonchev–Trinajstić information content (AvgIpc) is 2.66. The Bertz CT molecular complexity index is 642. The molecule has 0 N–H and O–H groups in total. The van der Waals surface area contributed by atoms with Crippen LogP contribution in [-0.2, 0) is 14.0 Å². The van der Waals surface area contributed by atoms with Crippen LogP contribution in [0.15, 0.2) is 18.2 Å². The Hall–Kier alpha value is -1.74. The highest BCUT2D eigenvalue weighted by molar-refractivity contribution is 6.62. The van der Waals surface area contributed by atoms with Gasteiger partial charge >= 0.3 is 19.5 Å². The first-order valence-corrected chi connectivity index (χ1v) is 7.79. The minimum Gasteiger partial charge on any atom is -0.462 e. The van der Waals surface area contributed by atoms with Gasteiger partial charge in [-0.3, -0.25) is 0 Å². The molecule has 0 aromatic heterocycles. The first kappa shape index (κ1) is 19.6. The van der Waals surface area contributed by atoms with Gasteiger partial charge in [0.25, 0.3) is 0 Å². The standard InChI is InChI=1S/C16H20BF3O5/c1-6-22-13(21)11-8-7-10(9-12(11)23-16(18,19)20)17-24-14(2,3)15(4,5)25-17/h7-9H,6H2,1-5H3. The van der Waals surface area contributed by atoms with Gasteiger partial charge in [0.15, 0.2) is 0 Å². The minimum atomic E-state index is -4.95. The Morgan fingerprint density at radius 1 is 1.16 bits per heavy atom. The predicted molar refractivity (Wildman–Crippen MR) is 84.8 cm³/mol. The SMILES string of the molecule is CCOC(=O)c1ccc(B2OC(C)(C)C(C)(C)O2)cc1OC(F)(F)F. The fraction of sp³-hybridized carbons (Fsp3) is 0.562. The Morgan fingerprint density at radius 2 is 1.72 bits per heavy atom. The van der Waals surface area contributed by atoms with Crippen molar-refractivity contribution < 1.29 is 36.7 Å². The van der Waals surface area contributed by atoms with Crippen LogP contribution in [0.1, 0.15) is 45.0 Å². The highest BCUT2D eigenvalue weighted by Crippen LogP contribution is 2.37. The second kappa shape index (κ2) is 6.53. The van der Waals surface area contributed by atoms with Crippen LogP contribution in [-0.4, -0.2) is 37.3 Å². The van der Waals surface area contributed by atoms with Gasteiger partial charge in [-0.05, 0) is 52.2 Å². The molecule has 0 spiro atoms. The third-order valence-corrected chi connectivity index (χ3v) is 4.25. The fourth-order valence-corrected chi connectivity index (χ4v) is 2.25. The van der Waals surface area contributed by atoms with Crippen molar-refractivity contribution in [1.29, 1.82) is 0 Å². The topological polar surface area (TPSA) is 54.0 Å². The molecule has 2 rings (SSSR count). The third-order valence-electron chi connectivity index (χ3n) is 4.25. The van der Waals surface area contributed by atoms with Crippen LogP contribution in [0, 0.1) is 0 Å². The second-order valence-electron chi connectivity index (χ2n) is 6.61. The fourth-order valence-electron chi connectivity index (χ4n) is 2.25. The molecule has 0 amide bonds. The van der Waals surface area contributed by atoms with Crippen LogP contribution >= 0.6 is 0 Å². The second-order valence-corrected chi connectivity index (χ2v) is 6.61. The number of carbonyl (C=O) groups is 1. The van der Waals surface area contributed by atoms with Crippen molar-refractivity contribution in [2.24, 2.45) is 0 Å². The summed E-state index contributed by atoms with van der Waals surface area (Å²) in [7, 11) is -0.878. The summed E-state index contributed by atoms with van der Waals surface area (Å²) >= 11 is 0. The molecule has 25 heavy (non-hydrogen) atoms.